The van der Waals surface area contributed by atoms with E-state index in [0.29, 0.717) is 53.9 Å². The van der Waals surface area contributed by atoms with E-state index < -0.39 is 42.3 Å². The van der Waals surface area contributed by atoms with Gasteiger partial charge in [-0.2, -0.15) is 13.9 Å². The van der Waals surface area contributed by atoms with Crippen molar-refractivity contribution in [1.82, 2.24) is 20.0 Å². The first kappa shape index (κ1) is 36.8. The standard InChI is InChI=1S/C27H32ClF3N4OS.C4H6O6/c1-17-19(15-35(33-17)23-18(6-5-7-21(23)29)13-32-25(2,3)4)14-34-10-8-26(9-11-34)24-20(12-22(28)37-24)27(30,31)16-36-26;5-1(3(7)8)2(6)4(9)10/h5-7,12,15,32H,8-11,13-14,16H2,1-4H3;1-2,5-6H,(H,7,8)(H,9,10)/t;1-,2-/m.1/s1. The zero-order chi connectivity index (χ0) is 34.9. The molecule has 258 valence electrons. The van der Waals surface area contributed by atoms with E-state index in [-0.39, 0.29) is 16.9 Å². The lowest BCUT2D eigenvalue weighted by Gasteiger charge is -2.45. The summed E-state index contributed by atoms with van der Waals surface area (Å²) in [4.78, 5) is 22.4. The summed E-state index contributed by atoms with van der Waals surface area (Å²) < 4.78 is 51.7. The van der Waals surface area contributed by atoms with Crippen LogP contribution < -0.4 is 5.32 Å². The summed E-state index contributed by atoms with van der Waals surface area (Å²) in [6, 6.07) is 6.48. The van der Waals surface area contributed by atoms with E-state index >= 15 is 0 Å². The van der Waals surface area contributed by atoms with Crippen molar-refractivity contribution in [1.29, 1.82) is 0 Å². The lowest BCUT2D eigenvalue weighted by atomic mass is 9.84. The molecular weight excluding hydrogens is 665 g/mol. The van der Waals surface area contributed by atoms with Gasteiger partial charge in [0.15, 0.2) is 12.2 Å². The Morgan fingerprint density at radius 1 is 1.13 bits per heavy atom. The Hall–Kier alpha value is -3.05. The zero-order valence-corrected chi connectivity index (χ0v) is 27.8. The number of piperidine rings is 1. The van der Waals surface area contributed by atoms with Crippen LogP contribution in [0.1, 0.15) is 60.9 Å². The molecule has 5 N–H and O–H groups in total. The highest BCUT2D eigenvalue weighted by atomic mass is 35.5. The molecule has 0 saturated carbocycles. The third-order valence-electron chi connectivity index (χ3n) is 8.01. The number of aromatic nitrogens is 2. The van der Waals surface area contributed by atoms with Gasteiger partial charge in [0, 0.05) is 53.9 Å². The molecule has 2 aliphatic heterocycles. The molecule has 16 heteroatoms. The molecule has 0 bridgehead atoms. The van der Waals surface area contributed by atoms with Crippen LogP contribution in [0.15, 0.2) is 30.5 Å². The minimum Gasteiger partial charge on any atom is -0.479 e. The van der Waals surface area contributed by atoms with Crippen molar-refractivity contribution < 1.29 is 47.9 Å². The van der Waals surface area contributed by atoms with Gasteiger partial charge in [0.1, 0.15) is 23.7 Å². The van der Waals surface area contributed by atoms with Crippen molar-refractivity contribution in [3.8, 4) is 5.69 Å². The summed E-state index contributed by atoms with van der Waals surface area (Å²) in [5.74, 6) is -6.87. The molecule has 2 aliphatic rings. The van der Waals surface area contributed by atoms with E-state index in [1.165, 1.54) is 23.5 Å². The van der Waals surface area contributed by atoms with Gasteiger partial charge in [-0.25, -0.2) is 18.7 Å². The van der Waals surface area contributed by atoms with Crippen molar-refractivity contribution in [2.24, 2.45) is 0 Å². The number of alkyl halides is 2. The van der Waals surface area contributed by atoms with Crippen LogP contribution in [0, 0.1) is 12.7 Å². The average molecular weight is 703 g/mol. The smallest absolute Gasteiger partial charge is 0.335 e. The first-order chi connectivity index (χ1) is 21.8. The van der Waals surface area contributed by atoms with E-state index in [0.717, 1.165) is 16.8 Å². The van der Waals surface area contributed by atoms with Crippen LogP contribution in [-0.4, -0.2) is 84.5 Å². The maximum atomic E-state index is 15.0. The molecule has 11 nitrogen and oxygen atoms in total. The highest BCUT2D eigenvalue weighted by Gasteiger charge is 2.51. The number of rotatable bonds is 8. The zero-order valence-electron chi connectivity index (χ0n) is 26.3. The Balaban J connectivity index is 0.000000434. The van der Waals surface area contributed by atoms with Crippen molar-refractivity contribution in [2.75, 3.05) is 19.7 Å². The molecule has 4 heterocycles. The lowest BCUT2D eigenvalue weighted by molar-refractivity contribution is -0.182. The topological polar surface area (TPSA) is 157 Å². The number of carboxylic acid groups (broad SMARTS) is 2. The Morgan fingerprint density at radius 2 is 1.74 bits per heavy atom. The second-order valence-electron chi connectivity index (χ2n) is 12.7. The van der Waals surface area contributed by atoms with Gasteiger partial charge in [-0.1, -0.05) is 23.7 Å². The van der Waals surface area contributed by atoms with E-state index in [9.17, 15) is 22.8 Å². The van der Waals surface area contributed by atoms with E-state index in [2.05, 4.69) is 36.1 Å². The minimum atomic E-state index is -3.01. The van der Waals surface area contributed by atoms with E-state index in [1.807, 2.05) is 19.2 Å². The van der Waals surface area contributed by atoms with Gasteiger partial charge in [-0.3, -0.25) is 4.90 Å². The number of nitrogens with one attached hydrogen (secondary N) is 1. The van der Waals surface area contributed by atoms with Crippen LogP contribution in [-0.2, 0) is 38.9 Å². The van der Waals surface area contributed by atoms with Crippen LogP contribution >= 0.6 is 22.9 Å². The summed E-state index contributed by atoms with van der Waals surface area (Å²) in [6.07, 6.45) is -1.42. The Bertz CT molecular complexity index is 1580. The van der Waals surface area contributed by atoms with Crippen LogP contribution in [0.3, 0.4) is 0 Å². The number of aliphatic hydroxyl groups is 2. The largest absolute Gasteiger partial charge is 0.479 e. The second-order valence-corrected chi connectivity index (χ2v) is 14.3. The quantitative estimate of drug-likeness (QED) is 0.228. The molecule has 0 aliphatic carbocycles. The number of thiophene rings is 1. The summed E-state index contributed by atoms with van der Waals surface area (Å²) in [5.41, 5.74) is 2.32. The van der Waals surface area contributed by atoms with Gasteiger partial charge in [0.05, 0.1) is 10.0 Å². The molecule has 0 radical (unpaired) electrons. The number of para-hydroxylation sites is 1. The van der Waals surface area contributed by atoms with Gasteiger partial charge < -0.3 is 30.5 Å². The lowest BCUT2D eigenvalue weighted by Crippen LogP contribution is -2.48. The first-order valence-electron chi connectivity index (χ1n) is 14.8. The van der Waals surface area contributed by atoms with Crippen molar-refractivity contribution in [3.63, 3.8) is 0 Å². The minimum absolute atomic E-state index is 0.0148. The summed E-state index contributed by atoms with van der Waals surface area (Å²) >= 11 is 7.33. The number of aryl methyl sites for hydroxylation is 1. The predicted octanol–water partition coefficient (Wildman–Crippen LogP) is 4.41. The normalized spacial score (nSPS) is 18.6. The number of ether oxygens (including phenoxy) is 1. The van der Waals surface area contributed by atoms with Crippen molar-refractivity contribution in [3.05, 3.63) is 67.9 Å². The first-order valence-corrected chi connectivity index (χ1v) is 16.0. The fourth-order valence-corrected chi connectivity index (χ4v) is 6.86. The van der Waals surface area contributed by atoms with Crippen LogP contribution in [0.25, 0.3) is 5.69 Å². The van der Waals surface area contributed by atoms with Gasteiger partial charge in [-0.15, -0.1) is 11.3 Å². The summed E-state index contributed by atoms with van der Waals surface area (Å²) in [7, 11) is 0. The van der Waals surface area contributed by atoms with Gasteiger partial charge >= 0.3 is 11.9 Å². The highest BCUT2D eigenvalue weighted by molar-refractivity contribution is 7.16. The fraction of sp³-hybridized carbons (Fsp3) is 0.516. The number of nitrogens with zero attached hydrogens (tertiary/aromatic N) is 3. The number of aliphatic hydroxyl groups excluding tert-OH is 2. The van der Waals surface area contributed by atoms with E-state index in [4.69, 9.17) is 36.8 Å². The molecule has 1 spiro atoms. The van der Waals surface area contributed by atoms with Crippen molar-refractivity contribution >= 4 is 34.9 Å². The summed E-state index contributed by atoms with van der Waals surface area (Å²) in [5, 5.41) is 40.6. The molecule has 1 aromatic carbocycles. The average Bonchev–Trinajstić information content (AvgIpc) is 3.57. The number of aliphatic carboxylic acids is 2. The Labute approximate surface area is 278 Å². The fourth-order valence-electron chi connectivity index (χ4n) is 5.38. The van der Waals surface area contributed by atoms with Crippen molar-refractivity contribution in [2.45, 2.75) is 82.9 Å². The van der Waals surface area contributed by atoms with Crippen LogP contribution in [0.2, 0.25) is 4.34 Å². The third-order valence-corrected chi connectivity index (χ3v) is 9.46. The molecule has 1 saturated heterocycles. The molecule has 2 aromatic heterocycles. The molecule has 2 atom stereocenters. The number of halogens is 4. The SMILES string of the molecule is Cc1nn(-c2c(F)cccc2CNC(C)(C)C)cc1CN1CCC2(CC1)OCC(F)(F)c1cc(Cl)sc12.O=C(O)[C@H](O)[C@@H](O)C(=O)O. The molecule has 3 aromatic rings. The van der Waals surface area contributed by atoms with Gasteiger partial charge in [0.25, 0.3) is 5.92 Å². The molecule has 0 amide bonds. The molecule has 0 unspecified atom stereocenters. The highest BCUT2D eigenvalue weighted by Crippen LogP contribution is 2.52. The van der Waals surface area contributed by atoms with E-state index in [1.54, 1.807) is 10.7 Å². The van der Waals surface area contributed by atoms with Gasteiger partial charge in [-0.05, 0) is 58.2 Å². The predicted molar refractivity (Wildman–Crippen MR) is 168 cm³/mol. The third kappa shape index (κ3) is 8.52. The van der Waals surface area contributed by atoms with Crippen LogP contribution in [0.4, 0.5) is 13.2 Å². The Morgan fingerprint density at radius 3 is 2.32 bits per heavy atom. The number of fused-ring (bicyclic) bond motifs is 2. The number of likely N-dealkylation sites (tertiary alicyclic amines) is 1. The monoisotopic (exact) mass is 702 g/mol. The molecule has 47 heavy (non-hydrogen) atoms. The second kappa shape index (κ2) is 14.2. The Kier molecular flexibility index (Phi) is 11.1. The maximum Gasteiger partial charge on any atom is 0.335 e. The van der Waals surface area contributed by atoms with Crippen LogP contribution in [0.5, 0.6) is 0 Å². The number of benzene rings is 1. The number of hydrogen-bond acceptors (Lipinski definition) is 9. The summed E-state index contributed by atoms with van der Waals surface area (Å²) in [6.45, 7) is 10.1. The number of hydrogen-bond donors (Lipinski definition) is 5. The molecular formula is C31H38ClF3N4O7S. The number of carboxylic acids is 2. The molecule has 1 fully saturated rings. The maximum absolute atomic E-state index is 15.0. The number of carbonyl (C=O) groups is 2. The van der Waals surface area contributed by atoms with Gasteiger partial charge in [0.2, 0.25) is 0 Å². The molecule has 5 rings (SSSR count).